The summed E-state index contributed by atoms with van der Waals surface area (Å²) in [4.78, 5) is 20.8. The highest BCUT2D eigenvalue weighted by atomic mass is 32.1. The number of benzene rings is 4. The van der Waals surface area contributed by atoms with Crippen molar-refractivity contribution < 1.29 is 38.7 Å². The molecule has 2 aromatic heterocycles. The average molecular weight is 944 g/mol. The van der Waals surface area contributed by atoms with Crippen molar-refractivity contribution >= 4 is 51.0 Å². The number of fused-ring (bicyclic) bond motifs is 2. The fourth-order valence-electron chi connectivity index (χ4n) is 12.2. The summed E-state index contributed by atoms with van der Waals surface area (Å²) in [6.07, 6.45) is 4.71. The number of carbonyl (C=O) groups excluding carboxylic acids is 1. The van der Waals surface area contributed by atoms with Gasteiger partial charge in [0.05, 0.1) is 29.1 Å². The number of aromatic nitrogens is 3. The zero-order chi connectivity index (χ0) is 46.2. The van der Waals surface area contributed by atoms with Crippen LogP contribution < -0.4 is 20.3 Å². The van der Waals surface area contributed by atoms with Crippen LogP contribution >= 0.6 is 18.7 Å². The third kappa shape index (κ3) is 8.64. The summed E-state index contributed by atoms with van der Waals surface area (Å²) in [5, 5.41) is 40.1. The molecule has 6 aliphatic rings. The number of ether oxygens (including phenoxy) is 2. The minimum Gasteiger partial charge on any atom is -0.462 e. The predicted molar refractivity (Wildman–Crippen MR) is 259 cm³/mol. The topological polar surface area (TPSA) is 168 Å². The first-order chi connectivity index (χ1) is 32.3. The fraction of sp³-hybridized carbons (Fsp3) is 0.442. The van der Waals surface area contributed by atoms with Gasteiger partial charge in [-0.2, -0.15) is 5.10 Å². The number of aliphatic hydroxyl groups excluding tert-OH is 3. The number of amides is 1. The highest BCUT2D eigenvalue weighted by Gasteiger charge is 2.51. The SMILES string of the molecule is Cc1c(-c2ccc(N3CCc4cccc(C(=O)Nc5nc6ccccc6s5)c4C3)cc2P(C)(=O)OCc2ccc(O[C@@H]3O[C@@H](C)[C@@H](O)[C@@H](O)[C@@H]3O)cc2)cnn1CC12CC3CC(CC(C3)C1)C2. The predicted octanol–water partition coefficient (Wildman–Crippen LogP) is 8.46. The number of nitrogens with zero attached hydrogens (tertiary/aromatic N) is 4. The molecule has 13 nitrogen and oxygen atoms in total. The van der Waals surface area contributed by atoms with E-state index in [0.717, 1.165) is 80.1 Å². The molecule has 67 heavy (non-hydrogen) atoms. The number of anilines is 2. The van der Waals surface area contributed by atoms with Crippen molar-refractivity contribution in [2.45, 2.75) is 109 Å². The van der Waals surface area contributed by atoms with Crippen molar-refractivity contribution in [1.82, 2.24) is 14.8 Å². The summed E-state index contributed by atoms with van der Waals surface area (Å²) >= 11 is 1.45. The number of hydrogen-bond donors (Lipinski definition) is 4. The first kappa shape index (κ1) is 44.6. The number of carbonyl (C=O) groups is 1. The van der Waals surface area contributed by atoms with Crippen LogP contribution in [-0.2, 0) is 39.9 Å². The van der Waals surface area contributed by atoms with Gasteiger partial charge in [-0.25, -0.2) is 4.98 Å². The van der Waals surface area contributed by atoms with Crippen LogP contribution in [-0.4, -0.2) is 79.9 Å². The minimum atomic E-state index is -3.54. The number of nitrogens with one attached hydrogen (secondary N) is 1. The van der Waals surface area contributed by atoms with Crippen LogP contribution in [0.3, 0.4) is 0 Å². The molecule has 1 unspecified atom stereocenters. The molecule has 4 bridgehead atoms. The molecular formula is C52H58N5O8PS. The lowest BCUT2D eigenvalue weighted by molar-refractivity contribution is -0.268. The number of thiazole rings is 1. The monoisotopic (exact) mass is 943 g/mol. The smallest absolute Gasteiger partial charge is 0.257 e. The van der Waals surface area contributed by atoms with E-state index in [9.17, 15) is 20.1 Å². The molecule has 0 spiro atoms. The zero-order valence-electron chi connectivity index (χ0n) is 38.1. The number of aliphatic hydroxyl groups is 3. The van der Waals surface area contributed by atoms with Crippen LogP contribution in [0.15, 0.2) is 91.1 Å². The third-order valence-electron chi connectivity index (χ3n) is 15.3. The van der Waals surface area contributed by atoms with E-state index in [4.69, 9.17) is 19.1 Å². The van der Waals surface area contributed by atoms with Gasteiger partial charge in [0, 0.05) is 54.1 Å². The number of para-hydroxylation sites is 1. The second-order valence-electron chi connectivity index (χ2n) is 20.0. The van der Waals surface area contributed by atoms with Crippen LogP contribution in [0.2, 0.25) is 0 Å². The second-order valence-corrected chi connectivity index (χ2v) is 23.5. The molecule has 1 amide bonds. The Hall–Kier alpha value is -4.92. The van der Waals surface area contributed by atoms with E-state index >= 15 is 4.57 Å². The fourth-order valence-corrected chi connectivity index (χ4v) is 14.6. The largest absolute Gasteiger partial charge is 0.462 e. The first-order valence-corrected chi connectivity index (χ1v) is 26.5. The molecule has 0 radical (unpaired) electrons. The first-order valence-electron chi connectivity index (χ1n) is 23.7. The second kappa shape index (κ2) is 17.6. The maximum atomic E-state index is 15.2. The molecule has 350 valence electrons. The molecule has 6 atom stereocenters. The van der Waals surface area contributed by atoms with E-state index < -0.39 is 38.1 Å². The molecular weight excluding hydrogens is 886 g/mol. The van der Waals surface area contributed by atoms with Crippen LogP contribution in [0.25, 0.3) is 21.3 Å². The Morgan fingerprint density at radius 3 is 2.42 bits per heavy atom. The van der Waals surface area contributed by atoms with Gasteiger partial charge in [0.25, 0.3) is 5.91 Å². The van der Waals surface area contributed by atoms with Crippen LogP contribution in [0.5, 0.6) is 5.75 Å². The summed E-state index contributed by atoms with van der Waals surface area (Å²) < 4.78 is 36.4. The lowest BCUT2D eigenvalue weighted by Crippen LogP contribution is -2.58. The Bertz CT molecular complexity index is 2810. The molecule has 2 aliphatic heterocycles. The van der Waals surface area contributed by atoms with Gasteiger partial charge in [0.15, 0.2) is 5.13 Å². The van der Waals surface area contributed by atoms with Crippen molar-refractivity contribution in [3.05, 3.63) is 119 Å². The Kier molecular flexibility index (Phi) is 11.7. The van der Waals surface area contributed by atoms with Crippen molar-refractivity contribution in [3.63, 3.8) is 0 Å². The van der Waals surface area contributed by atoms with Gasteiger partial charge in [0.2, 0.25) is 13.7 Å². The molecule has 4 aliphatic carbocycles. The quantitative estimate of drug-likeness (QED) is 0.0870. The Balaban J connectivity index is 0.869. The highest BCUT2D eigenvalue weighted by molar-refractivity contribution is 7.66. The van der Waals surface area contributed by atoms with E-state index in [1.165, 1.54) is 49.9 Å². The zero-order valence-corrected chi connectivity index (χ0v) is 39.8. The van der Waals surface area contributed by atoms with E-state index in [0.29, 0.717) is 40.3 Å². The molecule has 12 rings (SSSR count). The highest BCUT2D eigenvalue weighted by Crippen LogP contribution is 2.60. The van der Waals surface area contributed by atoms with Crippen molar-refractivity contribution in [3.8, 4) is 16.9 Å². The molecule has 15 heteroatoms. The Morgan fingerprint density at radius 2 is 1.67 bits per heavy atom. The minimum absolute atomic E-state index is 0.0523. The van der Waals surface area contributed by atoms with Gasteiger partial charge >= 0.3 is 0 Å². The van der Waals surface area contributed by atoms with E-state index in [-0.39, 0.29) is 12.5 Å². The summed E-state index contributed by atoms with van der Waals surface area (Å²) in [6, 6.07) is 26.9. The molecule has 4 N–H and O–H groups in total. The standard InChI is InChI=1S/C52H58N5O8PS/c1-30-41(26-53-57(30)29-52-23-33-19-34(24-52)21-35(20-33)25-52)39-16-13-37(56-18-17-36-7-6-8-40(42(36)27-56)49(61)55-51-54-43-9-4-5-10-45(43)67-51)22-44(39)66(3,62)63-28-32-11-14-38(15-12-32)65-50-48(60)47(59)46(58)31(2)64-50/h4-16,22,26,31,33-35,46-48,50,58-60H,17-21,23-25,27-29H2,1-3H3,(H,54,55,61)/t31-,33?,34?,35?,46+,47+,48-,50-,52?,66?/m0/s1. The van der Waals surface area contributed by atoms with Gasteiger partial charge in [-0.3, -0.25) is 19.4 Å². The molecule has 5 fully saturated rings. The number of rotatable bonds is 12. The van der Waals surface area contributed by atoms with E-state index in [1.54, 1.807) is 37.9 Å². The lowest BCUT2D eigenvalue weighted by Gasteiger charge is -2.56. The summed E-state index contributed by atoms with van der Waals surface area (Å²) in [5.41, 5.74) is 8.29. The molecule has 4 aromatic carbocycles. The van der Waals surface area contributed by atoms with E-state index in [1.807, 2.05) is 48.7 Å². The third-order valence-corrected chi connectivity index (χ3v) is 18.1. The van der Waals surface area contributed by atoms with Gasteiger partial charge in [-0.05, 0) is 147 Å². The van der Waals surface area contributed by atoms with Crippen LogP contribution in [0.1, 0.15) is 78.2 Å². The van der Waals surface area contributed by atoms with Gasteiger partial charge in [-0.15, -0.1) is 0 Å². The lowest BCUT2D eigenvalue weighted by atomic mass is 9.49. The molecule has 4 heterocycles. The van der Waals surface area contributed by atoms with Gasteiger partial charge in [0.1, 0.15) is 24.1 Å². The van der Waals surface area contributed by atoms with Crippen molar-refractivity contribution in [1.29, 1.82) is 0 Å². The number of hydrogen-bond acceptors (Lipinski definition) is 12. The normalized spacial score (nSPS) is 28.6. The van der Waals surface area contributed by atoms with Crippen LogP contribution in [0, 0.1) is 30.1 Å². The Morgan fingerprint density at radius 1 is 0.925 bits per heavy atom. The van der Waals surface area contributed by atoms with Gasteiger partial charge < -0.3 is 34.2 Å². The Labute approximate surface area is 394 Å². The van der Waals surface area contributed by atoms with Crippen molar-refractivity contribution in [2.75, 3.05) is 23.4 Å². The summed E-state index contributed by atoms with van der Waals surface area (Å²) in [6.45, 7) is 7.58. The maximum Gasteiger partial charge on any atom is 0.257 e. The van der Waals surface area contributed by atoms with Gasteiger partial charge in [-0.1, -0.05) is 53.8 Å². The molecule has 4 saturated carbocycles. The van der Waals surface area contributed by atoms with Crippen LogP contribution in [0.4, 0.5) is 10.8 Å². The maximum absolute atomic E-state index is 15.2. The molecule has 1 saturated heterocycles. The summed E-state index contributed by atoms with van der Waals surface area (Å²) in [5.74, 6) is 2.70. The average Bonchev–Trinajstić information content (AvgIpc) is 3.90. The van der Waals surface area contributed by atoms with E-state index in [2.05, 4.69) is 45.0 Å². The summed E-state index contributed by atoms with van der Waals surface area (Å²) in [7, 11) is -3.54. The van der Waals surface area contributed by atoms with Crippen molar-refractivity contribution in [2.24, 2.45) is 23.2 Å². The molecule has 6 aromatic rings.